The fraction of sp³-hybridized carbons (Fsp3) is 0.316. The first-order valence-electron chi connectivity index (χ1n) is 8.50. The van der Waals surface area contributed by atoms with E-state index >= 15 is 0 Å². The maximum absolute atomic E-state index is 12.9. The molecular formula is C19H18N2O5. The van der Waals surface area contributed by atoms with Gasteiger partial charge in [-0.15, -0.1) is 0 Å². The molecule has 0 unspecified atom stereocenters. The highest BCUT2D eigenvalue weighted by Crippen LogP contribution is 2.39. The second kappa shape index (κ2) is 6.76. The summed E-state index contributed by atoms with van der Waals surface area (Å²) in [5.74, 6) is -1.56. The average molecular weight is 354 g/mol. The van der Waals surface area contributed by atoms with Gasteiger partial charge in [0.2, 0.25) is 5.78 Å². The number of rotatable bonds is 5. The van der Waals surface area contributed by atoms with Crippen molar-refractivity contribution in [1.82, 2.24) is 9.88 Å². The molecule has 7 nitrogen and oxygen atoms in total. The number of ether oxygens (including phenoxy) is 1. The van der Waals surface area contributed by atoms with Gasteiger partial charge in [0.25, 0.3) is 5.91 Å². The molecule has 1 fully saturated rings. The fourth-order valence-corrected chi connectivity index (χ4v) is 3.51. The maximum atomic E-state index is 12.9. The van der Waals surface area contributed by atoms with Crippen LogP contribution in [0.4, 0.5) is 0 Å². The van der Waals surface area contributed by atoms with E-state index in [1.54, 1.807) is 30.6 Å². The second-order valence-electron chi connectivity index (χ2n) is 6.35. The zero-order valence-corrected chi connectivity index (χ0v) is 14.0. The van der Waals surface area contributed by atoms with Crippen LogP contribution in [0.2, 0.25) is 0 Å². The number of hydrogen-bond donors (Lipinski definition) is 1. The Bertz CT molecular complexity index is 838. The van der Waals surface area contributed by atoms with E-state index in [1.807, 2.05) is 0 Å². The molecule has 0 radical (unpaired) electrons. The third-order valence-electron chi connectivity index (χ3n) is 4.72. The van der Waals surface area contributed by atoms with E-state index in [4.69, 9.17) is 9.15 Å². The molecule has 134 valence electrons. The number of nitrogens with zero attached hydrogens (tertiary/aromatic N) is 2. The van der Waals surface area contributed by atoms with Gasteiger partial charge in [-0.05, 0) is 36.6 Å². The van der Waals surface area contributed by atoms with Gasteiger partial charge in [0.15, 0.2) is 11.5 Å². The highest BCUT2D eigenvalue weighted by Gasteiger charge is 2.45. The number of carbonyl (C=O) groups excluding carboxylic acids is 2. The van der Waals surface area contributed by atoms with E-state index in [0.717, 1.165) is 12.8 Å². The van der Waals surface area contributed by atoms with Crippen LogP contribution in [0.5, 0.6) is 0 Å². The van der Waals surface area contributed by atoms with Gasteiger partial charge in [-0.3, -0.25) is 14.6 Å². The first-order chi connectivity index (χ1) is 12.7. The summed E-state index contributed by atoms with van der Waals surface area (Å²) in [4.78, 5) is 31.2. The Balaban J connectivity index is 1.74. The van der Waals surface area contributed by atoms with Gasteiger partial charge in [-0.25, -0.2) is 0 Å². The Kier molecular flexibility index (Phi) is 4.30. The lowest BCUT2D eigenvalue weighted by Gasteiger charge is -2.28. The highest BCUT2D eigenvalue weighted by atomic mass is 16.5. The van der Waals surface area contributed by atoms with E-state index in [9.17, 15) is 14.7 Å². The molecule has 2 aromatic rings. The van der Waals surface area contributed by atoms with Crippen LogP contribution >= 0.6 is 0 Å². The number of furan rings is 1. The molecule has 0 aromatic carbocycles. The van der Waals surface area contributed by atoms with Gasteiger partial charge >= 0.3 is 0 Å². The largest absolute Gasteiger partial charge is 0.503 e. The fourth-order valence-electron chi connectivity index (χ4n) is 3.51. The molecule has 4 heterocycles. The van der Waals surface area contributed by atoms with Crippen molar-refractivity contribution in [2.24, 2.45) is 0 Å². The number of hydrogen-bond acceptors (Lipinski definition) is 6. The quantitative estimate of drug-likeness (QED) is 0.829. The molecule has 2 aliphatic rings. The van der Waals surface area contributed by atoms with Crippen LogP contribution in [-0.4, -0.2) is 45.9 Å². The van der Waals surface area contributed by atoms with Gasteiger partial charge in [-0.1, -0.05) is 6.07 Å². The lowest BCUT2D eigenvalue weighted by atomic mass is 9.96. The van der Waals surface area contributed by atoms with Crippen molar-refractivity contribution >= 4 is 11.7 Å². The lowest BCUT2D eigenvalue weighted by molar-refractivity contribution is -0.131. The molecule has 1 saturated heterocycles. The number of ketones is 1. The normalized spacial score (nSPS) is 23.1. The number of aliphatic hydroxyl groups excluding tert-OH is 1. The minimum atomic E-state index is -0.724. The minimum Gasteiger partial charge on any atom is -0.503 e. The van der Waals surface area contributed by atoms with Gasteiger partial charge in [0.05, 0.1) is 24.0 Å². The first kappa shape index (κ1) is 16.5. The molecule has 1 amide bonds. The lowest BCUT2D eigenvalue weighted by Crippen LogP contribution is -2.37. The van der Waals surface area contributed by atoms with Crippen molar-refractivity contribution in [3.05, 3.63) is 65.6 Å². The molecule has 0 saturated carbocycles. The van der Waals surface area contributed by atoms with E-state index in [-0.39, 0.29) is 17.4 Å². The average Bonchev–Trinajstić information content (AvgIpc) is 3.40. The number of Topliss-reactive ketones (excluding diaryl/α,β-unsaturated/α-hetero) is 1. The van der Waals surface area contributed by atoms with Crippen LogP contribution < -0.4 is 0 Å². The first-order valence-corrected chi connectivity index (χ1v) is 8.50. The van der Waals surface area contributed by atoms with E-state index in [0.29, 0.717) is 18.7 Å². The van der Waals surface area contributed by atoms with Crippen molar-refractivity contribution in [3.63, 3.8) is 0 Å². The zero-order chi connectivity index (χ0) is 18.1. The number of carbonyl (C=O) groups is 2. The third kappa shape index (κ3) is 2.80. The summed E-state index contributed by atoms with van der Waals surface area (Å²) in [6, 6.07) is 5.88. The topological polar surface area (TPSA) is 92.9 Å². The number of aromatic nitrogens is 1. The Labute approximate surface area is 149 Å². The van der Waals surface area contributed by atoms with Crippen LogP contribution in [0.15, 0.2) is 58.7 Å². The van der Waals surface area contributed by atoms with Gasteiger partial charge in [0.1, 0.15) is 0 Å². The summed E-state index contributed by atoms with van der Waals surface area (Å²) >= 11 is 0. The van der Waals surface area contributed by atoms with E-state index < -0.39 is 23.5 Å². The summed E-state index contributed by atoms with van der Waals surface area (Å²) in [6.07, 6.45) is 6.25. The Morgan fingerprint density at radius 2 is 2.23 bits per heavy atom. The van der Waals surface area contributed by atoms with E-state index in [1.165, 1.54) is 17.2 Å². The minimum absolute atomic E-state index is 0.0101. The molecule has 7 heteroatoms. The SMILES string of the molecule is O=C(C1=C(O)C(=O)N(C[C@@H]2CCCO2)[C@H]1c1cccnc1)c1ccco1. The smallest absolute Gasteiger partial charge is 0.290 e. The molecular weight excluding hydrogens is 336 g/mol. The molecule has 26 heavy (non-hydrogen) atoms. The van der Waals surface area contributed by atoms with Crippen molar-refractivity contribution in [2.75, 3.05) is 13.2 Å². The van der Waals surface area contributed by atoms with Crippen molar-refractivity contribution < 1.29 is 23.8 Å². The van der Waals surface area contributed by atoms with Gasteiger partial charge < -0.3 is 19.2 Å². The summed E-state index contributed by atoms with van der Waals surface area (Å²) in [6.45, 7) is 0.958. The highest BCUT2D eigenvalue weighted by molar-refractivity contribution is 6.14. The molecule has 2 aromatic heterocycles. The molecule has 2 aliphatic heterocycles. The maximum Gasteiger partial charge on any atom is 0.290 e. The molecule has 0 spiro atoms. The zero-order valence-electron chi connectivity index (χ0n) is 14.0. The van der Waals surface area contributed by atoms with Crippen LogP contribution in [0.3, 0.4) is 0 Å². The standard InChI is InChI=1S/C19H18N2O5/c22-17(14-6-3-9-26-14)15-16(12-4-1-7-20-10-12)21(19(24)18(15)23)11-13-5-2-8-25-13/h1,3-4,6-7,9-10,13,16,23H,2,5,8,11H2/t13-,16-/m0/s1. The van der Waals surface area contributed by atoms with Crippen LogP contribution in [-0.2, 0) is 9.53 Å². The van der Waals surface area contributed by atoms with Crippen LogP contribution in [0.25, 0.3) is 0 Å². The predicted molar refractivity (Wildman–Crippen MR) is 90.4 cm³/mol. The van der Waals surface area contributed by atoms with Crippen molar-refractivity contribution in [3.8, 4) is 0 Å². The summed E-state index contributed by atoms with van der Waals surface area (Å²) < 4.78 is 10.8. The number of aliphatic hydroxyl groups is 1. The molecule has 0 aliphatic carbocycles. The van der Waals surface area contributed by atoms with Gasteiger partial charge in [-0.2, -0.15) is 0 Å². The number of pyridine rings is 1. The van der Waals surface area contributed by atoms with Crippen molar-refractivity contribution in [1.29, 1.82) is 0 Å². The second-order valence-corrected chi connectivity index (χ2v) is 6.35. The van der Waals surface area contributed by atoms with Crippen LogP contribution in [0, 0.1) is 0 Å². The molecule has 2 atom stereocenters. The molecule has 0 bridgehead atoms. The van der Waals surface area contributed by atoms with Crippen LogP contribution in [0.1, 0.15) is 35.0 Å². The summed E-state index contributed by atoms with van der Waals surface area (Å²) in [5.41, 5.74) is 0.661. The Hall–Kier alpha value is -2.93. The van der Waals surface area contributed by atoms with Crippen molar-refractivity contribution in [2.45, 2.75) is 25.0 Å². The third-order valence-corrected chi connectivity index (χ3v) is 4.72. The number of amides is 1. The summed E-state index contributed by atoms with van der Waals surface area (Å²) in [5, 5.41) is 10.5. The van der Waals surface area contributed by atoms with Gasteiger partial charge in [0, 0.05) is 25.5 Å². The molecule has 1 N–H and O–H groups in total. The predicted octanol–water partition coefficient (Wildman–Crippen LogP) is 2.43. The monoisotopic (exact) mass is 354 g/mol. The summed E-state index contributed by atoms with van der Waals surface area (Å²) in [7, 11) is 0. The Morgan fingerprint density at radius 3 is 2.88 bits per heavy atom. The molecule has 4 rings (SSSR count). The van der Waals surface area contributed by atoms with E-state index in [2.05, 4.69) is 4.98 Å². The Morgan fingerprint density at radius 1 is 1.35 bits per heavy atom.